The first kappa shape index (κ1) is 27.7. The van der Waals surface area contributed by atoms with E-state index in [2.05, 4.69) is 9.69 Å². The quantitative estimate of drug-likeness (QED) is 0.244. The number of phenolic OH excluding ortho intramolecular Hbond substituents is 1. The molecule has 0 aliphatic heterocycles. The van der Waals surface area contributed by atoms with Crippen LogP contribution in [0, 0.1) is 0 Å². The van der Waals surface area contributed by atoms with Crippen molar-refractivity contribution < 1.29 is 28.8 Å². The summed E-state index contributed by atoms with van der Waals surface area (Å²) in [4.78, 5) is 14.0. The average molecular weight is 550 g/mol. The number of carbonyl (C=O) groups is 1. The summed E-state index contributed by atoms with van der Waals surface area (Å²) >= 11 is 1.33. The Labute approximate surface area is 231 Å². The van der Waals surface area contributed by atoms with Crippen LogP contribution in [0.3, 0.4) is 0 Å². The van der Waals surface area contributed by atoms with Gasteiger partial charge in [0, 0.05) is 23.2 Å². The lowest BCUT2D eigenvalue weighted by Gasteiger charge is -2.21. The van der Waals surface area contributed by atoms with E-state index in [0.717, 1.165) is 27.1 Å². The maximum absolute atomic E-state index is 13.2. The van der Waals surface area contributed by atoms with E-state index in [1.54, 1.807) is 57.9 Å². The number of aromatic nitrogens is 1. The zero-order valence-corrected chi connectivity index (χ0v) is 23.2. The molecule has 4 aromatic rings. The van der Waals surface area contributed by atoms with E-state index in [-0.39, 0.29) is 17.6 Å². The lowest BCUT2D eigenvalue weighted by molar-refractivity contribution is -0.117. The Hall–Kier alpha value is -4.28. The summed E-state index contributed by atoms with van der Waals surface area (Å²) in [5.41, 5.74) is 10.2. The van der Waals surface area contributed by atoms with Crippen LogP contribution in [0.2, 0.25) is 0 Å². The number of phenols is 1. The second-order valence-electron chi connectivity index (χ2n) is 8.79. The van der Waals surface area contributed by atoms with Gasteiger partial charge in [-0.3, -0.25) is 4.79 Å². The Morgan fingerprint density at radius 1 is 0.897 bits per heavy atom. The van der Waals surface area contributed by atoms with E-state index in [4.69, 9.17) is 24.7 Å². The Kier molecular flexibility index (Phi) is 8.58. The highest BCUT2D eigenvalue weighted by Crippen LogP contribution is 2.45. The van der Waals surface area contributed by atoms with Crippen molar-refractivity contribution in [1.82, 2.24) is 4.37 Å². The van der Waals surface area contributed by atoms with E-state index in [9.17, 15) is 9.90 Å². The van der Waals surface area contributed by atoms with Gasteiger partial charge in [-0.2, -0.15) is 4.37 Å². The van der Waals surface area contributed by atoms with Gasteiger partial charge in [0.2, 0.25) is 11.7 Å². The number of ether oxygens (including phenoxy) is 4. The van der Waals surface area contributed by atoms with Crippen molar-refractivity contribution in [3.8, 4) is 50.3 Å². The van der Waals surface area contributed by atoms with Crippen LogP contribution in [-0.4, -0.2) is 49.9 Å². The summed E-state index contributed by atoms with van der Waals surface area (Å²) in [6.45, 7) is 1.87. The lowest BCUT2D eigenvalue weighted by Crippen LogP contribution is -2.39. The summed E-state index contributed by atoms with van der Waals surface area (Å²) in [7, 11) is 6.24. The topological polar surface area (TPSA) is 125 Å². The van der Waals surface area contributed by atoms with Crippen molar-refractivity contribution in [2.24, 2.45) is 5.73 Å². The van der Waals surface area contributed by atoms with Crippen LogP contribution in [0.1, 0.15) is 18.4 Å². The number of hydrogen-bond acceptors (Lipinski definition) is 9. The van der Waals surface area contributed by atoms with E-state index < -0.39 is 6.04 Å². The highest BCUT2D eigenvalue weighted by molar-refractivity contribution is 7.10. The highest BCUT2D eigenvalue weighted by Gasteiger charge is 2.24. The molecular formula is C29H31N3O6S. The molecule has 0 aliphatic carbocycles. The maximum atomic E-state index is 13.2. The van der Waals surface area contributed by atoms with Gasteiger partial charge in [-0.15, -0.1) is 0 Å². The van der Waals surface area contributed by atoms with Crippen molar-refractivity contribution in [1.29, 1.82) is 0 Å². The van der Waals surface area contributed by atoms with Crippen LogP contribution in [0.4, 0.5) is 5.69 Å². The molecule has 10 heteroatoms. The normalized spacial score (nSPS) is 12.4. The Balaban J connectivity index is 1.66. The molecule has 1 amide bonds. The number of rotatable bonds is 10. The molecule has 0 fully saturated rings. The highest BCUT2D eigenvalue weighted by atomic mass is 32.1. The van der Waals surface area contributed by atoms with Gasteiger partial charge in [0.05, 0.1) is 45.0 Å². The molecule has 0 saturated heterocycles. The first-order chi connectivity index (χ1) is 18.8. The van der Waals surface area contributed by atoms with Gasteiger partial charge in [-0.1, -0.05) is 25.1 Å². The summed E-state index contributed by atoms with van der Waals surface area (Å²) in [5, 5.41) is 12.5. The molecule has 39 heavy (non-hydrogen) atoms. The molecule has 2 atom stereocenters. The Bertz CT molecular complexity index is 1430. The molecule has 9 nitrogen and oxygen atoms in total. The molecule has 204 valence electrons. The van der Waals surface area contributed by atoms with Gasteiger partial charge in [-0.05, 0) is 59.1 Å². The molecule has 0 saturated carbocycles. The number of carbonyl (C=O) groups excluding carboxylic acids is 1. The van der Waals surface area contributed by atoms with Crippen molar-refractivity contribution in [2.45, 2.75) is 18.9 Å². The number of nitrogens with zero attached hydrogens (tertiary/aromatic N) is 1. The zero-order valence-electron chi connectivity index (χ0n) is 22.3. The molecule has 3 aromatic carbocycles. The van der Waals surface area contributed by atoms with Gasteiger partial charge in [-0.25, -0.2) is 0 Å². The first-order valence-electron chi connectivity index (χ1n) is 12.1. The standard InChI is InChI=1S/C29H31N3O6S/c1-16(17-6-9-20(33)10-7-17)26(30)29(34)32-22-12-18(8-11-23(22)35-2)21-15-31-39-28(21)19-13-24(36-3)27(38-5)25(14-19)37-4/h6-16,26,33H,30H2,1-5H3,(H,32,34)/t16?,26-/m1/s1. The number of anilines is 1. The molecular weight excluding hydrogens is 518 g/mol. The molecule has 1 heterocycles. The Morgan fingerprint density at radius 2 is 1.54 bits per heavy atom. The predicted molar refractivity (Wildman–Crippen MR) is 152 cm³/mol. The SMILES string of the molecule is COc1ccc(-c2cnsc2-c2cc(OC)c(OC)c(OC)c2)cc1NC(=O)[C@H](N)C(C)c1ccc(O)cc1. The minimum Gasteiger partial charge on any atom is -0.508 e. The van der Waals surface area contributed by atoms with Crippen LogP contribution in [0.25, 0.3) is 21.6 Å². The van der Waals surface area contributed by atoms with Crippen LogP contribution < -0.4 is 30.0 Å². The van der Waals surface area contributed by atoms with Crippen molar-refractivity contribution in [2.75, 3.05) is 33.8 Å². The monoisotopic (exact) mass is 549 g/mol. The van der Waals surface area contributed by atoms with Gasteiger partial charge in [0.1, 0.15) is 11.5 Å². The van der Waals surface area contributed by atoms with E-state index in [1.807, 2.05) is 31.2 Å². The summed E-state index contributed by atoms with van der Waals surface area (Å²) < 4.78 is 26.4. The van der Waals surface area contributed by atoms with Crippen LogP contribution >= 0.6 is 11.5 Å². The molecule has 0 aliphatic rings. The van der Waals surface area contributed by atoms with E-state index in [0.29, 0.717) is 28.7 Å². The van der Waals surface area contributed by atoms with Gasteiger partial charge < -0.3 is 35.1 Å². The fourth-order valence-electron chi connectivity index (χ4n) is 4.27. The van der Waals surface area contributed by atoms with Crippen LogP contribution in [0.15, 0.2) is 60.8 Å². The molecule has 1 unspecified atom stereocenters. The predicted octanol–water partition coefficient (Wildman–Crippen LogP) is 5.29. The third-order valence-corrected chi connectivity index (χ3v) is 7.37. The van der Waals surface area contributed by atoms with Gasteiger partial charge in [0.25, 0.3) is 0 Å². The van der Waals surface area contributed by atoms with E-state index >= 15 is 0 Å². The average Bonchev–Trinajstić information content (AvgIpc) is 3.46. The second kappa shape index (κ2) is 12.1. The smallest absolute Gasteiger partial charge is 0.242 e. The number of nitrogens with one attached hydrogen (secondary N) is 1. The molecule has 4 rings (SSSR count). The van der Waals surface area contributed by atoms with Gasteiger partial charge in [0.15, 0.2) is 11.5 Å². The number of methoxy groups -OCH3 is 4. The maximum Gasteiger partial charge on any atom is 0.242 e. The lowest BCUT2D eigenvalue weighted by atomic mass is 9.93. The summed E-state index contributed by atoms with van der Waals surface area (Å²) in [6.07, 6.45) is 1.77. The minimum atomic E-state index is -0.833. The third-order valence-electron chi connectivity index (χ3n) is 6.53. The minimum absolute atomic E-state index is 0.152. The third kappa shape index (κ3) is 5.76. The second-order valence-corrected chi connectivity index (χ2v) is 9.59. The fraction of sp³-hybridized carbons (Fsp3) is 0.241. The number of benzene rings is 3. The number of hydrogen-bond donors (Lipinski definition) is 3. The molecule has 0 radical (unpaired) electrons. The number of amides is 1. The molecule has 4 N–H and O–H groups in total. The van der Waals surface area contributed by atoms with Crippen LogP contribution in [-0.2, 0) is 4.79 Å². The molecule has 0 bridgehead atoms. The largest absolute Gasteiger partial charge is 0.508 e. The molecule has 0 spiro atoms. The zero-order chi connectivity index (χ0) is 28.1. The van der Waals surface area contributed by atoms with E-state index in [1.165, 1.54) is 18.6 Å². The van der Waals surface area contributed by atoms with Crippen molar-refractivity contribution in [3.05, 3.63) is 66.4 Å². The van der Waals surface area contributed by atoms with Crippen molar-refractivity contribution >= 4 is 23.1 Å². The summed E-state index contributed by atoms with van der Waals surface area (Å²) in [5.74, 6) is 1.57. The first-order valence-corrected chi connectivity index (χ1v) is 12.9. The number of nitrogens with two attached hydrogens (primary N) is 1. The summed E-state index contributed by atoms with van der Waals surface area (Å²) in [6, 6.07) is 15.1. The molecule has 1 aromatic heterocycles. The Morgan fingerprint density at radius 3 is 2.13 bits per heavy atom. The van der Waals surface area contributed by atoms with Crippen molar-refractivity contribution in [3.63, 3.8) is 0 Å². The number of aromatic hydroxyl groups is 1. The fourth-order valence-corrected chi connectivity index (χ4v) is 5.02. The van der Waals surface area contributed by atoms with Crippen LogP contribution in [0.5, 0.6) is 28.7 Å². The van der Waals surface area contributed by atoms with Gasteiger partial charge >= 0.3 is 0 Å².